The largest absolute Gasteiger partial charge is 0.422 e. The topological polar surface area (TPSA) is 93.4 Å². The van der Waals surface area contributed by atoms with E-state index >= 15 is 0 Å². The quantitative estimate of drug-likeness (QED) is 0.850. The third-order valence-electron chi connectivity index (χ3n) is 3.76. The van der Waals surface area contributed by atoms with Gasteiger partial charge in [-0.15, -0.1) is 0 Å². The van der Waals surface area contributed by atoms with Crippen LogP contribution < -0.4 is 10.9 Å². The summed E-state index contributed by atoms with van der Waals surface area (Å²) in [6, 6.07) is 8.42. The van der Waals surface area contributed by atoms with Gasteiger partial charge in [0.25, 0.3) is 5.91 Å². The van der Waals surface area contributed by atoms with E-state index in [1.54, 1.807) is 24.3 Å². The van der Waals surface area contributed by atoms with Gasteiger partial charge in [0.05, 0.1) is 11.5 Å². The second kappa shape index (κ2) is 5.57. The van der Waals surface area contributed by atoms with E-state index in [9.17, 15) is 18.0 Å². The van der Waals surface area contributed by atoms with Gasteiger partial charge in [0.15, 0.2) is 9.84 Å². The van der Waals surface area contributed by atoms with Gasteiger partial charge in [-0.3, -0.25) is 4.79 Å². The van der Waals surface area contributed by atoms with Gasteiger partial charge >= 0.3 is 5.63 Å². The van der Waals surface area contributed by atoms with Gasteiger partial charge in [-0.2, -0.15) is 0 Å². The average molecular weight is 321 g/mol. The number of nitrogens with one attached hydrogen (secondary N) is 1. The lowest BCUT2D eigenvalue weighted by Gasteiger charge is -2.09. The molecule has 1 aliphatic heterocycles. The van der Waals surface area contributed by atoms with Crippen molar-refractivity contribution in [3.05, 3.63) is 46.3 Å². The van der Waals surface area contributed by atoms with Gasteiger partial charge in [0.2, 0.25) is 0 Å². The number of benzene rings is 1. The van der Waals surface area contributed by atoms with Crippen molar-refractivity contribution in [2.45, 2.75) is 6.42 Å². The first-order valence-electron chi connectivity index (χ1n) is 6.96. The van der Waals surface area contributed by atoms with Crippen molar-refractivity contribution in [1.29, 1.82) is 0 Å². The molecule has 0 spiro atoms. The molecule has 1 saturated heterocycles. The summed E-state index contributed by atoms with van der Waals surface area (Å²) in [6.45, 7) is 0.240. The Labute approximate surface area is 127 Å². The van der Waals surface area contributed by atoms with Crippen LogP contribution in [0.1, 0.15) is 16.8 Å². The molecule has 1 N–H and O–H groups in total. The molecular weight excluding hydrogens is 306 g/mol. The van der Waals surface area contributed by atoms with Crippen molar-refractivity contribution < 1.29 is 17.6 Å². The van der Waals surface area contributed by atoms with E-state index in [-0.39, 0.29) is 29.5 Å². The molecule has 0 aliphatic carbocycles. The Kier molecular flexibility index (Phi) is 3.74. The molecule has 2 aromatic rings. The zero-order chi connectivity index (χ0) is 15.7. The highest BCUT2D eigenvalue weighted by Crippen LogP contribution is 2.17. The van der Waals surface area contributed by atoms with Crippen LogP contribution in [0, 0.1) is 5.92 Å². The normalized spacial score (nSPS) is 20.1. The summed E-state index contributed by atoms with van der Waals surface area (Å²) < 4.78 is 27.9. The molecule has 1 amide bonds. The van der Waals surface area contributed by atoms with E-state index in [1.807, 2.05) is 0 Å². The van der Waals surface area contributed by atoms with Crippen LogP contribution in [0.3, 0.4) is 0 Å². The maximum Gasteiger partial charge on any atom is 0.349 e. The van der Waals surface area contributed by atoms with Gasteiger partial charge in [-0.1, -0.05) is 18.2 Å². The summed E-state index contributed by atoms with van der Waals surface area (Å²) in [5.41, 5.74) is -0.347. The van der Waals surface area contributed by atoms with E-state index in [1.165, 1.54) is 6.07 Å². The van der Waals surface area contributed by atoms with Crippen molar-refractivity contribution in [3.8, 4) is 0 Å². The molecule has 1 atom stereocenters. The van der Waals surface area contributed by atoms with Crippen LogP contribution in [0.2, 0.25) is 0 Å². The Balaban J connectivity index is 1.75. The molecule has 6 nitrogen and oxygen atoms in total. The molecule has 1 aromatic carbocycles. The van der Waals surface area contributed by atoms with Crippen molar-refractivity contribution >= 4 is 26.7 Å². The number of fused-ring (bicyclic) bond motifs is 1. The molecule has 0 radical (unpaired) electrons. The van der Waals surface area contributed by atoms with E-state index in [2.05, 4.69) is 5.32 Å². The number of para-hydroxylation sites is 1. The predicted octanol–water partition coefficient (Wildman–Crippen LogP) is 0.958. The van der Waals surface area contributed by atoms with E-state index in [0.717, 1.165) is 0 Å². The molecule has 7 heteroatoms. The van der Waals surface area contributed by atoms with E-state index in [4.69, 9.17) is 4.42 Å². The molecule has 1 unspecified atom stereocenters. The van der Waals surface area contributed by atoms with Gasteiger partial charge in [-0.25, -0.2) is 13.2 Å². The lowest BCUT2D eigenvalue weighted by molar-refractivity contribution is 0.0945. The predicted molar refractivity (Wildman–Crippen MR) is 81.6 cm³/mol. The first-order chi connectivity index (χ1) is 10.4. The average Bonchev–Trinajstić information content (AvgIpc) is 2.83. The van der Waals surface area contributed by atoms with Gasteiger partial charge in [-0.05, 0) is 24.5 Å². The third kappa shape index (κ3) is 3.04. The first-order valence-corrected chi connectivity index (χ1v) is 8.78. The minimum absolute atomic E-state index is 0.0699. The molecular formula is C15H15NO5S. The fourth-order valence-corrected chi connectivity index (χ4v) is 4.45. The second-order valence-corrected chi connectivity index (χ2v) is 7.69. The van der Waals surface area contributed by atoms with Crippen molar-refractivity contribution in [2.75, 3.05) is 18.1 Å². The lowest BCUT2D eigenvalue weighted by Crippen LogP contribution is -2.32. The maximum atomic E-state index is 12.1. The van der Waals surface area contributed by atoms with E-state index < -0.39 is 21.4 Å². The Morgan fingerprint density at radius 1 is 1.32 bits per heavy atom. The van der Waals surface area contributed by atoms with Crippen molar-refractivity contribution in [1.82, 2.24) is 5.32 Å². The summed E-state index contributed by atoms with van der Waals surface area (Å²) in [6.07, 6.45) is 0.537. The smallest absolute Gasteiger partial charge is 0.349 e. The Bertz CT molecular complexity index is 884. The molecule has 1 aliphatic rings. The Morgan fingerprint density at radius 2 is 2.09 bits per heavy atom. The molecule has 1 aromatic heterocycles. The summed E-state index contributed by atoms with van der Waals surface area (Å²) in [5, 5.41) is 3.28. The van der Waals surface area contributed by atoms with Crippen LogP contribution in [0.4, 0.5) is 0 Å². The molecule has 2 heterocycles. The number of carbonyl (C=O) groups excluding carboxylic acids is 1. The molecule has 0 saturated carbocycles. The van der Waals surface area contributed by atoms with Gasteiger partial charge in [0, 0.05) is 11.9 Å². The molecule has 3 rings (SSSR count). The minimum atomic E-state index is -2.98. The number of amides is 1. The summed E-state index contributed by atoms with van der Waals surface area (Å²) >= 11 is 0. The van der Waals surface area contributed by atoms with Crippen molar-refractivity contribution in [2.24, 2.45) is 5.92 Å². The van der Waals surface area contributed by atoms with E-state index in [0.29, 0.717) is 17.4 Å². The van der Waals surface area contributed by atoms with Crippen LogP contribution in [-0.2, 0) is 9.84 Å². The minimum Gasteiger partial charge on any atom is -0.422 e. The fourth-order valence-electron chi connectivity index (χ4n) is 2.59. The molecule has 116 valence electrons. The Hall–Kier alpha value is -2.15. The first kappa shape index (κ1) is 14.8. The molecule has 1 fully saturated rings. The zero-order valence-electron chi connectivity index (χ0n) is 11.7. The molecule has 22 heavy (non-hydrogen) atoms. The second-order valence-electron chi connectivity index (χ2n) is 5.46. The fraction of sp³-hybridized carbons (Fsp3) is 0.333. The monoisotopic (exact) mass is 321 g/mol. The third-order valence-corrected chi connectivity index (χ3v) is 5.60. The number of sulfone groups is 1. The van der Waals surface area contributed by atoms with Crippen LogP contribution in [-0.4, -0.2) is 32.4 Å². The van der Waals surface area contributed by atoms with Crippen LogP contribution >= 0.6 is 0 Å². The number of carbonyl (C=O) groups is 1. The van der Waals surface area contributed by atoms with Crippen molar-refractivity contribution in [3.63, 3.8) is 0 Å². The SMILES string of the molecule is O=C(NCC1CCS(=O)(=O)C1)c1cc2ccccc2oc1=O. The van der Waals surface area contributed by atoms with Crippen LogP contribution in [0.5, 0.6) is 0 Å². The van der Waals surface area contributed by atoms with Gasteiger partial charge < -0.3 is 9.73 Å². The highest BCUT2D eigenvalue weighted by atomic mass is 32.2. The summed E-state index contributed by atoms with van der Waals surface area (Å²) in [4.78, 5) is 24.0. The van der Waals surface area contributed by atoms with Crippen LogP contribution in [0.15, 0.2) is 39.5 Å². The van der Waals surface area contributed by atoms with Crippen LogP contribution in [0.25, 0.3) is 11.0 Å². The number of hydrogen-bond acceptors (Lipinski definition) is 5. The zero-order valence-corrected chi connectivity index (χ0v) is 12.6. The molecule has 0 bridgehead atoms. The maximum absolute atomic E-state index is 12.1. The number of hydrogen-bond donors (Lipinski definition) is 1. The summed E-state index contributed by atoms with van der Waals surface area (Å²) in [5.74, 6) is -0.393. The Morgan fingerprint density at radius 3 is 2.82 bits per heavy atom. The lowest BCUT2D eigenvalue weighted by atomic mass is 10.1. The highest BCUT2D eigenvalue weighted by Gasteiger charge is 2.28. The highest BCUT2D eigenvalue weighted by molar-refractivity contribution is 7.91. The number of rotatable bonds is 3. The standard InChI is InChI=1S/C15H15NO5S/c17-14(16-8-10-5-6-22(19,20)9-10)12-7-11-3-1-2-4-13(11)21-15(12)18/h1-4,7,10H,5-6,8-9H2,(H,16,17). The van der Waals surface area contributed by atoms with Gasteiger partial charge in [0.1, 0.15) is 11.1 Å². The summed E-state index contributed by atoms with van der Waals surface area (Å²) in [7, 11) is -2.98.